The van der Waals surface area contributed by atoms with Gasteiger partial charge in [-0.1, -0.05) is 127 Å². The van der Waals surface area contributed by atoms with E-state index < -0.39 is 0 Å². The van der Waals surface area contributed by atoms with Gasteiger partial charge in [-0.2, -0.15) is 0 Å². The van der Waals surface area contributed by atoms with Crippen LogP contribution in [0.25, 0.3) is 87.3 Å². The predicted molar refractivity (Wildman–Crippen MR) is 175 cm³/mol. The number of hydrogen-bond donors (Lipinski definition) is 0. The minimum absolute atomic E-state index is 0.000853. The fraction of sp³-hybridized carbons (Fsp3) is 0. The molecule has 0 atom stereocenters. The van der Waals surface area contributed by atoms with Crippen LogP contribution in [-0.2, 0) is 0 Å². The third-order valence-electron chi connectivity index (χ3n) is 8.37. The number of rotatable bonds is 2. The van der Waals surface area contributed by atoms with E-state index in [1.807, 2.05) is 60.7 Å². The van der Waals surface area contributed by atoms with Crippen LogP contribution in [0.5, 0.6) is 0 Å². The molecule has 0 saturated heterocycles. The van der Waals surface area contributed by atoms with E-state index in [1.54, 1.807) is 0 Å². The number of benzene rings is 8. The van der Waals surface area contributed by atoms with Crippen molar-refractivity contribution in [3.8, 4) is 22.3 Å². The van der Waals surface area contributed by atoms with E-state index in [0.29, 0.717) is 16.5 Å². The van der Waals surface area contributed by atoms with Crippen molar-refractivity contribution in [3.05, 3.63) is 146 Å². The summed E-state index contributed by atoms with van der Waals surface area (Å²) in [6.07, 6.45) is 0. The van der Waals surface area contributed by atoms with Crippen molar-refractivity contribution in [2.75, 3.05) is 0 Å². The topological polar surface area (TPSA) is 13.1 Å². The van der Waals surface area contributed by atoms with Gasteiger partial charge < -0.3 is 4.42 Å². The van der Waals surface area contributed by atoms with Crippen molar-refractivity contribution in [1.29, 1.82) is 0 Å². The van der Waals surface area contributed by atoms with Crippen LogP contribution < -0.4 is 0 Å². The maximum Gasteiger partial charge on any atom is 0.143 e. The van der Waals surface area contributed by atoms with Crippen LogP contribution in [0, 0.1) is 0 Å². The highest BCUT2D eigenvalue weighted by Gasteiger charge is 2.19. The average molecular weight is 524 g/mol. The molecule has 0 bridgehead atoms. The maximum absolute atomic E-state index is 9.63. The number of furan rings is 1. The first-order valence-corrected chi connectivity index (χ1v) is 13.9. The highest BCUT2D eigenvalue weighted by molar-refractivity contribution is 6.24. The van der Waals surface area contributed by atoms with Gasteiger partial charge >= 0.3 is 0 Å². The molecule has 8 aromatic carbocycles. The van der Waals surface area contributed by atoms with Gasteiger partial charge in [0.1, 0.15) is 11.2 Å². The number of hydrogen-bond acceptors (Lipinski definition) is 1. The Balaban J connectivity index is 1.46. The summed E-state index contributed by atoms with van der Waals surface area (Å²) in [5.74, 6) is 0. The molecule has 190 valence electrons. The van der Waals surface area contributed by atoms with Crippen LogP contribution in [0.1, 0.15) is 4.11 Å². The molecule has 0 amide bonds. The van der Waals surface area contributed by atoms with Gasteiger partial charge in [0.2, 0.25) is 0 Å². The van der Waals surface area contributed by atoms with Crippen molar-refractivity contribution in [2.45, 2.75) is 0 Å². The molecular weight excluding hydrogens is 496 g/mol. The van der Waals surface area contributed by atoms with Gasteiger partial charge in [0, 0.05) is 16.2 Å². The molecule has 1 aromatic heterocycles. The molecule has 0 fully saturated rings. The SMILES string of the molecule is [2H]c1c(-c2c3ccccc3c(-c3cccc4ccccc34)c3ccccc23)c([2H])c2c(oc3c4ccccc4ccc32)c1[2H]. The van der Waals surface area contributed by atoms with Gasteiger partial charge in [-0.3, -0.25) is 0 Å². The van der Waals surface area contributed by atoms with Crippen LogP contribution >= 0.6 is 0 Å². The zero-order valence-corrected chi connectivity index (χ0v) is 22.0. The van der Waals surface area contributed by atoms with Crippen LogP contribution in [0.2, 0.25) is 0 Å². The van der Waals surface area contributed by atoms with Gasteiger partial charge in [0.25, 0.3) is 0 Å². The Bertz CT molecular complexity index is 2590. The zero-order chi connectivity index (χ0) is 29.5. The summed E-state index contributed by atoms with van der Waals surface area (Å²) in [7, 11) is 0. The van der Waals surface area contributed by atoms with Crippen molar-refractivity contribution in [2.24, 2.45) is 0 Å². The first-order valence-electron chi connectivity index (χ1n) is 15.4. The first-order chi connectivity index (χ1) is 21.6. The highest BCUT2D eigenvalue weighted by atomic mass is 16.3. The lowest BCUT2D eigenvalue weighted by Crippen LogP contribution is -1.91. The largest absolute Gasteiger partial charge is 0.455 e. The molecule has 0 radical (unpaired) electrons. The quantitative estimate of drug-likeness (QED) is 0.205. The fourth-order valence-electron chi connectivity index (χ4n) is 6.57. The first kappa shape index (κ1) is 19.6. The van der Waals surface area contributed by atoms with Crippen LogP contribution in [-0.4, -0.2) is 0 Å². The molecule has 1 nitrogen and oxygen atoms in total. The van der Waals surface area contributed by atoms with Crippen molar-refractivity contribution in [3.63, 3.8) is 0 Å². The summed E-state index contributed by atoms with van der Waals surface area (Å²) in [4.78, 5) is 0. The van der Waals surface area contributed by atoms with E-state index in [-0.39, 0.29) is 23.7 Å². The minimum atomic E-state index is -0.00225. The Morgan fingerprint density at radius 1 is 0.415 bits per heavy atom. The van der Waals surface area contributed by atoms with Crippen LogP contribution in [0.4, 0.5) is 0 Å². The molecule has 0 aliphatic carbocycles. The standard InChI is InChI=1S/C40H24O/c1-3-13-28-25(10-1)12-9-19-30(28)39-33-17-7-5-15-31(33)38(32-16-6-8-18-34(32)39)27-21-23-37-36(24-27)35-22-20-26-11-2-4-14-29(26)40(35)41-37/h1-24H/i21D,23D,24D. The Morgan fingerprint density at radius 3 is 1.68 bits per heavy atom. The highest BCUT2D eigenvalue weighted by Crippen LogP contribution is 2.46. The molecule has 9 aromatic rings. The second-order valence-corrected chi connectivity index (χ2v) is 10.6. The summed E-state index contributed by atoms with van der Waals surface area (Å²) in [6.45, 7) is 0. The lowest BCUT2D eigenvalue weighted by molar-refractivity contribution is 0.672. The van der Waals surface area contributed by atoms with Gasteiger partial charge in [-0.15, -0.1) is 0 Å². The van der Waals surface area contributed by atoms with E-state index in [2.05, 4.69) is 66.7 Å². The molecule has 0 saturated carbocycles. The van der Waals surface area contributed by atoms with Crippen molar-refractivity contribution >= 4 is 65.0 Å². The van der Waals surface area contributed by atoms with E-state index in [4.69, 9.17) is 5.79 Å². The smallest absolute Gasteiger partial charge is 0.143 e. The summed E-state index contributed by atoms with van der Waals surface area (Å²) in [5, 5.41) is 9.68. The summed E-state index contributed by atoms with van der Waals surface area (Å²) >= 11 is 0. The van der Waals surface area contributed by atoms with Gasteiger partial charge in [0.15, 0.2) is 0 Å². The van der Waals surface area contributed by atoms with E-state index in [9.17, 15) is 2.74 Å². The lowest BCUT2D eigenvalue weighted by atomic mass is 9.84. The Labute approximate surface area is 241 Å². The Hall–Kier alpha value is -5.40. The molecule has 9 rings (SSSR count). The van der Waals surface area contributed by atoms with Gasteiger partial charge in [-0.25, -0.2) is 0 Å². The van der Waals surface area contributed by atoms with Crippen LogP contribution in [0.3, 0.4) is 0 Å². The zero-order valence-electron chi connectivity index (χ0n) is 25.0. The summed E-state index contributed by atoms with van der Waals surface area (Å²) < 4.78 is 34.4. The summed E-state index contributed by atoms with van der Waals surface area (Å²) in [6, 6.07) is 43.6. The molecule has 41 heavy (non-hydrogen) atoms. The number of fused-ring (bicyclic) bond motifs is 8. The predicted octanol–water partition coefficient (Wildman–Crippen LogP) is 11.5. The third kappa shape index (κ3) is 3.24. The second-order valence-electron chi connectivity index (χ2n) is 10.6. The molecule has 0 aliphatic heterocycles. The van der Waals surface area contributed by atoms with Gasteiger partial charge in [-0.05, 0) is 78.1 Å². The monoisotopic (exact) mass is 523 g/mol. The van der Waals surface area contributed by atoms with E-state index in [1.165, 1.54) is 10.8 Å². The van der Waals surface area contributed by atoms with Crippen molar-refractivity contribution < 1.29 is 8.53 Å². The van der Waals surface area contributed by atoms with E-state index in [0.717, 1.165) is 54.4 Å². The molecule has 0 spiro atoms. The molecule has 0 N–H and O–H groups in total. The Morgan fingerprint density at radius 2 is 0.976 bits per heavy atom. The maximum atomic E-state index is 9.63. The van der Waals surface area contributed by atoms with E-state index >= 15 is 0 Å². The summed E-state index contributed by atoms with van der Waals surface area (Å²) in [5.41, 5.74) is 4.47. The molecule has 1 heteroatoms. The lowest BCUT2D eigenvalue weighted by Gasteiger charge is -2.18. The molecular formula is C40H24O. The molecule has 0 unspecified atom stereocenters. The molecule has 0 aliphatic rings. The Kier molecular flexibility index (Phi) is 4.09. The molecule has 1 heterocycles. The average Bonchev–Trinajstić information content (AvgIpc) is 3.48. The third-order valence-corrected chi connectivity index (χ3v) is 8.37. The van der Waals surface area contributed by atoms with Crippen LogP contribution in [0.15, 0.2) is 150 Å². The minimum Gasteiger partial charge on any atom is -0.455 e. The van der Waals surface area contributed by atoms with Gasteiger partial charge in [0.05, 0.1) is 4.11 Å². The van der Waals surface area contributed by atoms with Crippen molar-refractivity contribution in [1.82, 2.24) is 0 Å². The second kappa shape index (κ2) is 8.55. The fourth-order valence-corrected chi connectivity index (χ4v) is 6.57. The normalized spacial score (nSPS) is 12.9.